The van der Waals surface area contributed by atoms with E-state index in [4.69, 9.17) is 4.74 Å². The van der Waals surface area contributed by atoms with Gasteiger partial charge in [0.15, 0.2) is 0 Å². The third kappa shape index (κ3) is 1.96. The smallest absolute Gasteiger partial charge is 0.238 e. The molecule has 0 radical (unpaired) electrons. The van der Waals surface area contributed by atoms with E-state index < -0.39 is 0 Å². The molecular weight excluding hydrogens is 280 g/mol. The zero-order valence-corrected chi connectivity index (χ0v) is 11.9. The van der Waals surface area contributed by atoms with Gasteiger partial charge >= 0.3 is 0 Å². The summed E-state index contributed by atoms with van der Waals surface area (Å²) in [6.45, 7) is 0.456. The van der Waals surface area contributed by atoms with E-state index in [0.29, 0.717) is 17.7 Å². The monoisotopic (exact) mass is 294 g/mol. The van der Waals surface area contributed by atoms with E-state index >= 15 is 0 Å². The SMILES string of the molecule is COc1ccc2c(c1)c(O)nn2Cc1nc2ccccc2[nH]1. The third-order valence-corrected chi connectivity index (χ3v) is 3.68. The molecule has 0 spiro atoms. The zero-order valence-electron chi connectivity index (χ0n) is 11.9. The van der Waals surface area contributed by atoms with Crippen molar-refractivity contribution in [1.29, 1.82) is 0 Å². The van der Waals surface area contributed by atoms with Gasteiger partial charge in [-0.05, 0) is 30.3 Å². The van der Waals surface area contributed by atoms with Crippen LogP contribution in [0.1, 0.15) is 5.82 Å². The second-order valence-corrected chi connectivity index (χ2v) is 5.06. The van der Waals surface area contributed by atoms with Crippen LogP contribution in [0.25, 0.3) is 21.9 Å². The summed E-state index contributed by atoms with van der Waals surface area (Å²) >= 11 is 0. The number of fused-ring (bicyclic) bond motifs is 2. The lowest BCUT2D eigenvalue weighted by Gasteiger charge is -2.02. The molecule has 2 aromatic carbocycles. The number of methoxy groups -OCH3 is 1. The van der Waals surface area contributed by atoms with Crippen LogP contribution in [0, 0.1) is 0 Å². The molecular formula is C16H14N4O2. The Labute approximate surface area is 126 Å². The fraction of sp³-hybridized carbons (Fsp3) is 0.125. The lowest BCUT2D eigenvalue weighted by atomic mass is 10.2. The minimum atomic E-state index is -0.00925. The molecule has 2 aromatic heterocycles. The summed E-state index contributed by atoms with van der Waals surface area (Å²) < 4.78 is 6.90. The second kappa shape index (κ2) is 4.77. The summed E-state index contributed by atoms with van der Waals surface area (Å²) in [6.07, 6.45) is 0. The Morgan fingerprint density at radius 3 is 2.91 bits per heavy atom. The minimum absolute atomic E-state index is 0.00925. The molecule has 0 saturated heterocycles. The fourth-order valence-electron chi connectivity index (χ4n) is 2.61. The lowest BCUT2D eigenvalue weighted by Crippen LogP contribution is -2.03. The van der Waals surface area contributed by atoms with Gasteiger partial charge in [0.1, 0.15) is 11.6 Å². The Morgan fingerprint density at radius 2 is 2.09 bits per heavy atom. The number of aromatic nitrogens is 4. The van der Waals surface area contributed by atoms with Crippen LogP contribution in [0.4, 0.5) is 0 Å². The van der Waals surface area contributed by atoms with Crippen LogP contribution in [0.3, 0.4) is 0 Å². The average Bonchev–Trinajstić information content (AvgIpc) is 3.08. The van der Waals surface area contributed by atoms with Gasteiger partial charge in [0.2, 0.25) is 5.88 Å². The molecule has 0 unspecified atom stereocenters. The Hall–Kier alpha value is -3.02. The summed E-state index contributed by atoms with van der Waals surface area (Å²) in [5.41, 5.74) is 2.73. The number of nitrogens with zero attached hydrogens (tertiary/aromatic N) is 3. The summed E-state index contributed by atoms with van der Waals surface area (Å²) in [6, 6.07) is 13.4. The van der Waals surface area contributed by atoms with Gasteiger partial charge in [-0.15, -0.1) is 5.10 Å². The van der Waals surface area contributed by atoms with Gasteiger partial charge in [-0.2, -0.15) is 0 Å². The van der Waals surface area contributed by atoms with E-state index in [1.165, 1.54) is 0 Å². The number of hydrogen-bond acceptors (Lipinski definition) is 4. The highest BCUT2D eigenvalue weighted by molar-refractivity contribution is 5.85. The molecule has 110 valence electrons. The van der Waals surface area contributed by atoms with E-state index in [0.717, 1.165) is 22.4 Å². The van der Waals surface area contributed by atoms with E-state index in [1.54, 1.807) is 17.9 Å². The Balaban J connectivity index is 1.77. The van der Waals surface area contributed by atoms with E-state index in [9.17, 15) is 5.11 Å². The van der Waals surface area contributed by atoms with Gasteiger partial charge in [-0.1, -0.05) is 12.1 Å². The maximum absolute atomic E-state index is 10.0. The first kappa shape index (κ1) is 12.7. The minimum Gasteiger partial charge on any atom is -0.497 e. The third-order valence-electron chi connectivity index (χ3n) is 3.68. The van der Waals surface area contributed by atoms with Gasteiger partial charge in [0.05, 0.1) is 35.6 Å². The maximum atomic E-state index is 10.0. The van der Waals surface area contributed by atoms with Crippen molar-refractivity contribution >= 4 is 21.9 Å². The molecule has 0 aliphatic rings. The van der Waals surface area contributed by atoms with Gasteiger partial charge < -0.3 is 14.8 Å². The molecule has 0 amide bonds. The molecule has 0 saturated carbocycles. The van der Waals surface area contributed by atoms with Gasteiger partial charge in [0, 0.05) is 0 Å². The number of hydrogen-bond donors (Lipinski definition) is 2. The summed E-state index contributed by atoms with van der Waals surface area (Å²) in [7, 11) is 1.59. The van der Waals surface area contributed by atoms with Crippen molar-refractivity contribution in [2.24, 2.45) is 0 Å². The van der Waals surface area contributed by atoms with Crippen LogP contribution in [0.5, 0.6) is 11.6 Å². The van der Waals surface area contributed by atoms with Gasteiger partial charge in [-0.25, -0.2) is 4.98 Å². The molecule has 0 atom stereocenters. The molecule has 6 heteroatoms. The first-order valence-electron chi connectivity index (χ1n) is 6.92. The van der Waals surface area contributed by atoms with Crippen LogP contribution in [-0.4, -0.2) is 32.0 Å². The number of nitrogens with one attached hydrogen (secondary N) is 1. The van der Waals surface area contributed by atoms with Crippen molar-refractivity contribution in [2.75, 3.05) is 7.11 Å². The molecule has 0 bridgehead atoms. The number of aromatic hydroxyl groups is 1. The Bertz CT molecular complexity index is 938. The summed E-state index contributed by atoms with van der Waals surface area (Å²) in [5, 5.41) is 14.9. The maximum Gasteiger partial charge on any atom is 0.238 e. The fourth-order valence-corrected chi connectivity index (χ4v) is 2.61. The van der Waals surface area contributed by atoms with Gasteiger partial charge in [-0.3, -0.25) is 4.68 Å². The predicted octanol–water partition coefficient (Wildman–Crippen LogP) is 2.68. The van der Waals surface area contributed by atoms with Crippen LogP contribution >= 0.6 is 0 Å². The molecule has 4 rings (SSSR count). The molecule has 0 fully saturated rings. The first-order valence-corrected chi connectivity index (χ1v) is 6.92. The topological polar surface area (TPSA) is 76.0 Å². The summed E-state index contributed by atoms with van der Waals surface area (Å²) in [4.78, 5) is 7.80. The highest BCUT2D eigenvalue weighted by atomic mass is 16.5. The van der Waals surface area contributed by atoms with Crippen molar-refractivity contribution in [3.05, 3.63) is 48.3 Å². The number of H-pyrrole nitrogens is 1. The van der Waals surface area contributed by atoms with E-state index in [-0.39, 0.29) is 5.88 Å². The van der Waals surface area contributed by atoms with Crippen LogP contribution in [-0.2, 0) is 6.54 Å². The standard InChI is InChI=1S/C16H14N4O2/c1-22-10-6-7-14-11(8-10)16(21)19-20(14)9-15-17-12-4-2-3-5-13(12)18-15/h2-8H,9H2,1H3,(H,17,18)(H,19,21). The quantitative estimate of drug-likeness (QED) is 0.609. The van der Waals surface area contributed by atoms with E-state index in [1.807, 2.05) is 36.4 Å². The molecule has 22 heavy (non-hydrogen) atoms. The van der Waals surface area contributed by atoms with Crippen LogP contribution in [0.15, 0.2) is 42.5 Å². The molecule has 6 nitrogen and oxygen atoms in total. The van der Waals surface area contributed by atoms with Crippen molar-refractivity contribution in [1.82, 2.24) is 19.7 Å². The largest absolute Gasteiger partial charge is 0.497 e. The van der Waals surface area contributed by atoms with Crippen LogP contribution < -0.4 is 4.74 Å². The number of benzene rings is 2. The lowest BCUT2D eigenvalue weighted by molar-refractivity contribution is 0.415. The van der Waals surface area contributed by atoms with Crippen LogP contribution in [0.2, 0.25) is 0 Å². The second-order valence-electron chi connectivity index (χ2n) is 5.06. The Kier molecular flexibility index (Phi) is 2.75. The first-order chi connectivity index (χ1) is 10.7. The number of aromatic amines is 1. The summed E-state index contributed by atoms with van der Waals surface area (Å²) in [5.74, 6) is 1.47. The van der Waals surface area contributed by atoms with Crippen molar-refractivity contribution in [2.45, 2.75) is 6.54 Å². The van der Waals surface area contributed by atoms with Gasteiger partial charge in [0.25, 0.3) is 0 Å². The number of para-hydroxylation sites is 2. The molecule has 0 aliphatic heterocycles. The highest BCUT2D eigenvalue weighted by Crippen LogP contribution is 2.28. The number of imidazole rings is 1. The molecule has 2 N–H and O–H groups in total. The number of ether oxygens (including phenoxy) is 1. The van der Waals surface area contributed by atoms with Crippen molar-refractivity contribution in [3.63, 3.8) is 0 Å². The predicted molar refractivity (Wildman–Crippen MR) is 83.1 cm³/mol. The number of rotatable bonds is 3. The molecule has 2 heterocycles. The Morgan fingerprint density at radius 1 is 1.23 bits per heavy atom. The van der Waals surface area contributed by atoms with Crippen molar-refractivity contribution in [3.8, 4) is 11.6 Å². The van der Waals surface area contributed by atoms with E-state index in [2.05, 4.69) is 15.1 Å². The normalized spacial score (nSPS) is 11.3. The van der Waals surface area contributed by atoms with Crippen molar-refractivity contribution < 1.29 is 9.84 Å². The molecule has 4 aromatic rings. The average molecular weight is 294 g/mol. The highest BCUT2D eigenvalue weighted by Gasteiger charge is 2.12. The molecule has 0 aliphatic carbocycles. The zero-order chi connectivity index (χ0) is 15.1.